The van der Waals surface area contributed by atoms with Crippen molar-refractivity contribution >= 4 is 23.5 Å². The first-order valence-electron chi connectivity index (χ1n) is 6.77. The smallest absolute Gasteiger partial charge is 0.405 e. The minimum Gasteiger partial charge on any atom is -0.465 e. The van der Waals surface area contributed by atoms with Gasteiger partial charge in [0, 0.05) is 24.2 Å². The van der Waals surface area contributed by atoms with Crippen LogP contribution < -0.4 is 15.7 Å². The molecule has 8 nitrogen and oxygen atoms in total. The van der Waals surface area contributed by atoms with Gasteiger partial charge >= 0.3 is 6.09 Å². The van der Waals surface area contributed by atoms with E-state index in [1.54, 1.807) is 28.6 Å². The summed E-state index contributed by atoms with van der Waals surface area (Å²) >= 11 is 0. The molecular formula is C14H18N4O4. The van der Waals surface area contributed by atoms with Crippen LogP contribution in [0.25, 0.3) is 0 Å². The Morgan fingerprint density at radius 2 is 2.09 bits per heavy atom. The molecule has 1 aromatic carbocycles. The number of hydrogen-bond acceptors (Lipinski definition) is 4. The predicted molar refractivity (Wildman–Crippen MR) is 79.3 cm³/mol. The number of carboxylic acid groups (broad SMARTS) is 1. The summed E-state index contributed by atoms with van der Waals surface area (Å²) in [6.07, 6.45) is -0.720. The molecule has 0 saturated carbocycles. The van der Waals surface area contributed by atoms with Crippen LogP contribution in [0.2, 0.25) is 0 Å². The minimum atomic E-state index is -1.15. The Bertz CT molecular complexity index is 631. The molecule has 5 N–H and O–H groups in total. The lowest BCUT2D eigenvalue weighted by molar-refractivity contribution is -0.117. The van der Waals surface area contributed by atoms with E-state index in [1.165, 1.54) is 6.92 Å². The van der Waals surface area contributed by atoms with Crippen molar-refractivity contribution in [1.29, 1.82) is 5.41 Å². The summed E-state index contributed by atoms with van der Waals surface area (Å²) in [5.41, 5.74) is 3.37. The van der Waals surface area contributed by atoms with Crippen LogP contribution in [0.15, 0.2) is 18.2 Å². The molecule has 1 aliphatic heterocycles. The zero-order chi connectivity index (χ0) is 16.4. The van der Waals surface area contributed by atoms with Crippen molar-refractivity contribution in [2.45, 2.75) is 32.4 Å². The second-order valence-electron chi connectivity index (χ2n) is 5.24. The summed E-state index contributed by atoms with van der Waals surface area (Å²) in [6.45, 7) is 3.31. The number of anilines is 1. The number of hydroxylamine groups is 1. The third kappa shape index (κ3) is 2.86. The van der Waals surface area contributed by atoms with E-state index in [0.29, 0.717) is 23.2 Å². The van der Waals surface area contributed by atoms with E-state index in [2.05, 4.69) is 5.32 Å². The fourth-order valence-corrected chi connectivity index (χ4v) is 2.85. The van der Waals surface area contributed by atoms with E-state index in [1.807, 2.05) is 6.92 Å². The van der Waals surface area contributed by atoms with E-state index in [0.717, 1.165) is 0 Å². The summed E-state index contributed by atoms with van der Waals surface area (Å²) in [4.78, 5) is 24.5. The van der Waals surface area contributed by atoms with E-state index >= 15 is 0 Å². The third-order valence-electron chi connectivity index (χ3n) is 3.72. The number of nitrogens with zero attached hydrogens (tertiary/aromatic N) is 1. The number of carbonyl (C=O) groups excluding carboxylic acids is 1. The zero-order valence-corrected chi connectivity index (χ0v) is 12.3. The van der Waals surface area contributed by atoms with Gasteiger partial charge in [-0.25, -0.2) is 4.79 Å². The molecule has 2 amide bonds. The Labute approximate surface area is 127 Å². The highest BCUT2D eigenvalue weighted by Gasteiger charge is 2.33. The molecule has 2 rings (SSSR count). The first-order chi connectivity index (χ1) is 10.3. The number of carbonyl (C=O) groups is 2. The van der Waals surface area contributed by atoms with Crippen LogP contribution in [0.5, 0.6) is 0 Å². The van der Waals surface area contributed by atoms with Crippen molar-refractivity contribution in [2.75, 3.05) is 4.90 Å². The molecule has 1 aromatic rings. The summed E-state index contributed by atoms with van der Waals surface area (Å²) in [7, 11) is 0. The van der Waals surface area contributed by atoms with Gasteiger partial charge in [0.15, 0.2) is 0 Å². The maximum atomic E-state index is 11.9. The van der Waals surface area contributed by atoms with Crippen molar-refractivity contribution in [3.63, 3.8) is 0 Å². The number of amides is 2. The molecule has 0 spiro atoms. The van der Waals surface area contributed by atoms with Gasteiger partial charge in [0.1, 0.15) is 5.84 Å². The quantitative estimate of drug-likeness (QED) is 0.321. The van der Waals surface area contributed by atoms with Crippen LogP contribution in [-0.2, 0) is 4.79 Å². The Balaban J connectivity index is 2.53. The molecule has 118 valence electrons. The monoisotopic (exact) mass is 306 g/mol. The number of benzene rings is 1. The van der Waals surface area contributed by atoms with Gasteiger partial charge in [-0.05, 0) is 37.1 Å². The number of rotatable bonds is 2. The van der Waals surface area contributed by atoms with Gasteiger partial charge < -0.3 is 15.3 Å². The van der Waals surface area contributed by atoms with E-state index < -0.39 is 12.1 Å². The molecule has 0 saturated heterocycles. The Hall–Kier alpha value is -2.61. The maximum Gasteiger partial charge on any atom is 0.405 e. The highest BCUT2D eigenvalue weighted by molar-refractivity contribution is 5.98. The molecule has 22 heavy (non-hydrogen) atoms. The Morgan fingerprint density at radius 3 is 2.64 bits per heavy atom. The molecular weight excluding hydrogens is 288 g/mol. The molecule has 8 heteroatoms. The fourth-order valence-electron chi connectivity index (χ4n) is 2.85. The van der Waals surface area contributed by atoms with Crippen LogP contribution in [0.4, 0.5) is 10.5 Å². The Kier molecular flexibility index (Phi) is 4.32. The lowest BCUT2D eigenvalue weighted by Crippen LogP contribution is -2.45. The average molecular weight is 306 g/mol. The van der Waals surface area contributed by atoms with Crippen LogP contribution in [0.1, 0.15) is 37.4 Å². The maximum absolute atomic E-state index is 11.9. The van der Waals surface area contributed by atoms with E-state index in [4.69, 9.17) is 15.7 Å². The van der Waals surface area contributed by atoms with Gasteiger partial charge in [-0.15, -0.1) is 0 Å². The van der Waals surface area contributed by atoms with Crippen molar-refractivity contribution < 1.29 is 19.9 Å². The van der Waals surface area contributed by atoms with Gasteiger partial charge in [0.05, 0.1) is 6.04 Å². The van der Waals surface area contributed by atoms with Crippen molar-refractivity contribution in [2.24, 2.45) is 0 Å². The van der Waals surface area contributed by atoms with Crippen LogP contribution in [0, 0.1) is 5.41 Å². The lowest BCUT2D eigenvalue weighted by atomic mass is 9.90. The lowest BCUT2D eigenvalue weighted by Gasteiger charge is -2.39. The summed E-state index contributed by atoms with van der Waals surface area (Å²) in [5.74, 6) is -0.337. The molecule has 0 bridgehead atoms. The predicted octanol–water partition coefficient (Wildman–Crippen LogP) is 1.44. The number of amidine groups is 1. The molecule has 0 unspecified atom stereocenters. The molecule has 2 atom stereocenters. The SMILES string of the molecule is CC(=O)N1c2ccc(C(=N)NO)cc2[C@H](NC(=O)O)C[C@@H]1C. The topological polar surface area (TPSA) is 126 Å². The summed E-state index contributed by atoms with van der Waals surface area (Å²) in [5, 5.41) is 27.9. The van der Waals surface area contributed by atoms with Crippen LogP contribution in [0.3, 0.4) is 0 Å². The van der Waals surface area contributed by atoms with Crippen molar-refractivity contribution in [1.82, 2.24) is 10.8 Å². The number of hydrogen-bond donors (Lipinski definition) is 5. The standard InChI is InChI=1S/C14H18N4O4/c1-7-5-11(16-14(20)21)10-6-9(13(15)17-22)3-4-12(10)18(7)8(2)19/h3-4,6-7,11,16,22H,5H2,1-2H3,(H2,15,17)(H,20,21)/t7-,11+/m0/s1. The first-order valence-corrected chi connectivity index (χ1v) is 6.77. The highest BCUT2D eigenvalue weighted by atomic mass is 16.5. The second-order valence-corrected chi connectivity index (χ2v) is 5.24. The second kappa shape index (κ2) is 6.02. The fraction of sp³-hybridized carbons (Fsp3) is 0.357. The molecule has 0 aromatic heterocycles. The first kappa shape index (κ1) is 15.8. The van der Waals surface area contributed by atoms with Gasteiger partial charge in [-0.2, -0.15) is 0 Å². The number of fused-ring (bicyclic) bond motifs is 1. The molecule has 0 aliphatic carbocycles. The van der Waals surface area contributed by atoms with Crippen molar-refractivity contribution in [3.8, 4) is 0 Å². The van der Waals surface area contributed by atoms with Crippen LogP contribution in [-0.4, -0.2) is 34.2 Å². The minimum absolute atomic E-state index is 0.134. The summed E-state index contributed by atoms with van der Waals surface area (Å²) in [6, 6.07) is 4.22. The van der Waals surface area contributed by atoms with Gasteiger partial charge in [0.2, 0.25) is 5.91 Å². The van der Waals surface area contributed by atoms with Crippen LogP contribution >= 0.6 is 0 Å². The van der Waals surface area contributed by atoms with E-state index in [9.17, 15) is 9.59 Å². The van der Waals surface area contributed by atoms with Gasteiger partial charge in [-0.3, -0.25) is 20.9 Å². The Morgan fingerprint density at radius 1 is 1.41 bits per heavy atom. The van der Waals surface area contributed by atoms with Crippen molar-refractivity contribution in [3.05, 3.63) is 29.3 Å². The average Bonchev–Trinajstić information content (AvgIpc) is 2.45. The van der Waals surface area contributed by atoms with Gasteiger partial charge in [-0.1, -0.05) is 0 Å². The normalized spacial score (nSPS) is 20.0. The zero-order valence-electron chi connectivity index (χ0n) is 12.3. The molecule has 1 aliphatic rings. The third-order valence-corrected chi connectivity index (χ3v) is 3.72. The molecule has 1 heterocycles. The molecule has 0 fully saturated rings. The number of nitrogens with one attached hydrogen (secondary N) is 3. The summed E-state index contributed by atoms with van der Waals surface area (Å²) < 4.78 is 0. The van der Waals surface area contributed by atoms with E-state index in [-0.39, 0.29) is 17.8 Å². The highest BCUT2D eigenvalue weighted by Crippen LogP contribution is 2.37. The molecule has 0 radical (unpaired) electrons. The van der Waals surface area contributed by atoms with Gasteiger partial charge in [0.25, 0.3) is 0 Å². The largest absolute Gasteiger partial charge is 0.465 e.